The summed E-state index contributed by atoms with van der Waals surface area (Å²) in [6.45, 7) is 0. The third-order valence-corrected chi connectivity index (χ3v) is 8.21. The van der Waals surface area contributed by atoms with Crippen LogP contribution >= 0.6 is 46.3 Å². The van der Waals surface area contributed by atoms with E-state index in [1.54, 1.807) is 12.1 Å². The second kappa shape index (κ2) is 7.58. The van der Waals surface area contributed by atoms with Crippen molar-refractivity contribution in [2.45, 2.75) is 14.1 Å². The van der Waals surface area contributed by atoms with Crippen molar-refractivity contribution in [2.75, 3.05) is 11.1 Å². The van der Waals surface area contributed by atoms with Crippen LogP contribution < -0.4 is 11.1 Å². The number of benzene rings is 1. The van der Waals surface area contributed by atoms with E-state index in [-0.39, 0.29) is 20.7 Å². The fourth-order valence-electron chi connectivity index (χ4n) is 2.40. The molecule has 0 fully saturated rings. The first-order valence-corrected chi connectivity index (χ1v) is 11.7. The Morgan fingerprint density at radius 2 is 2.03 bits per heavy atom. The predicted octanol–water partition coefficient (Wildman–Crippen LogP) is 3.98. The van der Waals surface area contributed by atoms with Crippen molar-refractivity contribution in [2.24, 2.45) is 0 Å². The first-order valence-electron chi connectivity index (χ1n) is 7.74. The van der Waals surface area contributed by atoms with Gasteiger partial charge in [-0.3, -0.25) is 4.79 Å². The summed E-state index contributed by atoms with van der Waals surface area (Å²) < 4.78 is 24.3. The van der Waals surface area contributed by atoms with Crippen molar-refractivity contribution in [1.82, 2.24) is 15.2 Å². The number of nitrogens with one attached hydrogen (secondary N) is 1. The largest absolute Gasteiger partial charge is 0.382 e. The van der Waals surface area contributed by atoms with Gasteiger partial charge in [0, 0.05) is 17.3 Å². The number of carbonyl (C=O) groups excluding carboxylic acids is 1. The van der Waals surface area contributed by atoms with Gasteiger partial charge in [0.25, 0.3) is 5.91 Å². The van der Waals surface area contributed by atoms with Crippen LogP contribution in [0.3, 0.4) is 0 Å². The SMILES string of the molecule is Nc1ncc(Cl)c(Sc2nnc(C(=O)Nc3ccc4c(c3)S(=O)(=O)C=C4)s2)c1Cl. The summed E-state index contributed by atoms with van der Waals surface area (Å²) >= 11 is 14.4. The van der Waals surface area contributed by atoms with Crippen molar-refractivity contribution < 1.29 is 13.2 Å². The van der Waals surface area contributed by atoms with Crippen LogP contribution in [0.2, 0.25) is 10.0 Å². The van der Waals surface area contributed by atoms with Crippen LogP contribution in [0, 0.1) is 0 Å². The first kappa shape index (κ1) is 20.1. The lowest BCUT2D eigenvalue weighted by Gasteiger charge is -2.05. The number of pyridine rings is 1. The van der Waals surface area contributed by atoms with Crippen LogP contribution in [0.25, 0.3) is 6.08 Å². The third kappa shape index (κ3) is 3.96. The summed E-state index contributed by atoms with van der Waals surface area (Å²) in [7, 11) is -3.47. The highest BCUT2D eigenvalue weighted by molar-refractivity contribution is 8.01. The molecule has 13 heteroatoms. The van der Waals surface area contributed by atoms with Crippen molar-refractivity contribution in [3.8, 4) is 0 Å². The van der Waals surface area contributed by atoms with E-state index in [0.717, 1.165) is 28.5 Å². The number of nitrogen functional groups attached to an aromatic ring is 1. The van der Waals surface area contributed by atoms with Crippen LogP contribution in [0.4, 0.5) is 11.5 Å². The summed E-state index contributed by atoms with van der Waals surface area (Å²) in [5.74, 6) is -0.397. The van der Waals surface area contributed by atoms with E-state index < -0.39 is 15.7 Å². The highest BCUT2D eigenvalue weighted by Crippen LogP contribution is 2.41. The molecule has 0 radical (unpaired) electrons. The van der Waals surface area contributed by atoms with E-state index in [9.17, 15) is 13.2 Å². The number of anilines is 2. The van der Waals surface area contributed by atoms with E-state index in [0.29, 0.717) is 25.5 Å². The average Bonchev–Trinajstić information content (AvgIpc) is 3.27. The van der Waals surface area contributed by atoms with Crippen molar-refractivity contribution in [1.29, 1.82) is 0 Å². The van der Waals surface area contributed by atoms with Crippen LogP contribution in [-0.2, 0) is 9.84 Å². The highest BCUT2D eigenvalue weighted by Gasteiger charge is 2.22. The number of nitrogens with zero attached hydrogens (tertiary/aromatic N) is 3. The molecule has 0 unspecified atom stereocenters. The van der Waals surface area contributed by atoms with Gasteiger partial charge in [-0.25, -0.2) is 13.4 Å². The van der Waals surface area contributed by atoms with Crippen LogP contribution in [0.1, 0.15) is 15.4 Å². The molecular weight excluding hydrogens is 477 g/mol. The minimum absolute atomic E-state index is 0.0863. The van der Waals surface area contributed by atoms with Gasteiger partial charge in [-0.15, -0.1) is 10.2 Å². The Morgan fingerprint density at radius 1 is 1.24 bits per heavy atom. The van der Waals surface area contributed by atoms with E-state index in [1.165, 1.54) is 18.3 Å². The van der Waals surface area contributed by atoms with Gasteiger partial charge in [-0.2, -0.15) is 0 Å². The molecule has 3 heterocycles. The first-order chi connectivity index (χ1) is 13.7. The number of hydrogen-bond donors (Lipinski definition) is 2. The van der Waals surface area contributed by atoms with Crippen molar-refractivity contribution in [3.05, 3.63) is 50.4 Å². The highest BCUT2D eigenvalue weighted by atomic mass is 35.5. The van der Waals surface area contributed by atoms with E-state index in [4.69, 9.17) is 28.9 Å². The molecule has 3 N–H and O–H groups in total. The number of sulfone groups is 1. The van der Waals surface area contributed by atoms with Gasteiger partial charge >= 0.3 is 0 Å². The van der Waals surface area contributed by atoms with Crippen LogP contribution in [-0.4, -0.2) is 29.5 Å². The number of halogens is 2. The molecule has 8 nitrogen and oxygen atoms in total. The van der Waals surface area contributed by atoms with Gasteiger partial charge in [0.15, 0.2) is 4.34 Å². The van der Waals surface area contributed by atoms with Crippen molar-refractivity contribution >= 4 is 79.6 Å². The van der Waals surface area contributed by atoms with Gasteiger partial charge in [0.2, 0.25) is 14.8 Å². The Kier molecular flexibility index (Phi) is 5.25. The van der Waals surface area contributed by atoms with Crippen LogP contribution in [0.5, 0.6) is 0 Å². The topological polar surface area (TPSA) is 128 Å². The smallest absolute Gasteiger partial charge is 0.286 e. The normalized spacial score (nSPS) is 14.0. The Hall–Kier alpha value is -2.18. The summed E-state index contributed by atoms with van der Waals surface area (Å²) in [5.41, 5.74) is 6.59. The number of aromatic nitrogens is 3. The minimum atomic E-state index is -3.47. The van der Waals surface area contributed by atoms with Gasteiger partial charge in [0.05, 0.1) is 19.8 Å². The minimum Gasteiger partial charge on any atom is -0.382 e. The molecule has 4 rings (SSSR count). The maximum atomic E-state index is 12.5. The fourth-order valence-corrected chi connectivity index (χ4v) is 5.93. The van der Waals surface area contributed by atoms with Crippen LogP contribution in [0.15, 0.2) is 43.9 Å². The summed E-state index contributed by atoms with van der Waals surface area (Å²) in [5, 5.41) is 12.1. The lowest BCUT2D eigenvalue weighted by atomic mass is 10.2. The Morgan fingerprint density at radius 3 is 2.83 bits per heavy atom. The maximum absolute atomic E-state index is 12.5. The fraction of sp³-hybridized carbons (Fsp3) is 0. The van der Waals surface area contributed by atoms with Gasteiger partial charge in [0.1, 0.15) is 5.82 Å². The molecule has 3 aromatic rings. The average molecular weight is 486 g/mol. The molecule has 0 bridgehead atoms. The zero-order chi connectivity index (χ0) is 20.8. The number of rotatable bonds is 4. The van der Waals surface area contributed by atoms with Gasteiger partial charge in [-0.1, -0.05) is 52.4 Å². The molecule has 1 amide bonds. The molecule has 148 valence electrons. The van der Waals surface area contributed by atoms with E-state index in [1.807, 2.05) is 0 Å². The standard InChI is InChI=1S/C16H9Cl2N5O3S3/c17-9-6-20-13(19)11(18)12(9)27-16-23-22-15(28-16)14(24)21-8-2-1-7-3-4-29(25,26)10(7)5-8/h1-6H,(H2,19,20)(H,21,24). The molecule has 0 spiro atoms. The lowest BCUT2D eigenvalue weighted by Crippen LogP contribution is -2.12. The lowest BCUT2D eigenvalue weighted by molar-refractivity contribution is 0.102. The molecule has 0 aliphatic carbocycles. The third-order valence-electron chi connectivity index (χ3n) is 3.75. The summed E-state index contributed by atoms with van der Waals surface area (Å²) in [6, 6.07) is 4.63. The molecule has 2 aromatic heterocycles. The Balaban J connectivity index is 1.52. The van der Waals surface area contributed by atoms with Gasteiger partial charge < -0.3 is 11.1 Å². The number of hydrogen-bond acceptors (Lipinski definition) is 9. The predicted molar refractivity (Wildman–Crippen MR) is 113 cm³/mol. The zero-order valence-corrected chi connectivity index (χ0v) is 18.0. The maximum Gasteiger partial charge on any atom is 0.286 e. The quantitative estimate of drug-likeness (QED) is 0.567. The Bertz CT molecular complexity index is 1290. The second-order valence-electron chi connectivity index (χ2n) is 5.66. The molecule has 1 aliphatic heterocycles. The monoisotopic (exact) mass is 485 g/mol. The number of nitrogens with two attached hydrogens (primary N) is 1. The molecule has 0 saturated carbocycles. The number of fused-ring (bicyclic) bond motifs is 1. The molecule has 0 saturated heterocycles. The zero-order valence-electron chi connectivity index (χ0n) is 14.1. The van der Waals surface area contributed by atoms with Gasteiger partial charge in [-0.05, 0) is 23.8 Å². The number of amides is 1. The molecule has 29 heavy (non-hydrogen) atoms. The summed E-state index contributed by atoms with van der Waals surface area (Å²) in [4.78, 5) is 16.9. The Labute approximate surface area is 183 Å². The molecule has 1 aliphatic rings. The molecule has 1 aromatic carbocycles. The number of carbonyl (C=O) groups is 1. The van der Waals surface area contributed by atoms with E-state index in [2.05, 4.69) is 20.5 Å². The summed E-state index contributed by atoms with van der Waals surface area (Å²) in [6.07, 6.45) is 2.88. The molecular formula is C16H9Cl2N5O3S3. The van der Waals surface area contributed by atoms with Crippen molar-refractivity contribution in [3.63, 3.8) is 0 Å². The molecule has 0 atom stereocenters. The second-order valence-corrected chi connectivity index (χ2v) is 10.5. The van der Waals surface area contributed by atoms with E-state index >= 15 is 0 Å².